The van der Waals surface area contributed by atoms with E-state index in [-0.39, 0.29) is 10.6 Å². The highest BCUT2D eigenvalue weighted by molar-refractivity contribution is 7.89. The first-order valence-corrected chi connectivity index (χ1v) is 7.84. The van der Waals surface area contributed by atoms with Gasteiger partial charge in [-0.3, -0.25) is 0 Å². The fraction of sp³-hybridized carbons (Fsp3) is 0.385. The van der Waals surface area contributed by atoms with E-state index in [1.54, 1.807) is 0 Å². The van der Waals surface area contributed by atoms with Crippen LogP contribution in [-0.4, -0.2) is 31.0 Å². The Kier molecular flexibility index (Phi) is 4.51. The molecule has 108 valence electrons. The molecule has 0 saturated carbocycles. The third-order valence-corrected chi connectivity index (χ3v) is 4.51. The molecule has 0 bridgehead atoms. The first kappa shape index (κ1) is 14.7. The molecule has 0 amide bonds. The number of carboxylic acids is 1. The maximum atomic E-state index is 11.9. The van der Waals surface area contributed by atoms with Crippen LogP contribution < -0.4 is 4.72 Å². The smallest absolute Gasteiger partial charge is 0.337 e. The van der Waals surface area contributed by atoms with Gasteiger partial charge in [-0.05, 0) is 37.8 Å². The van der Waals surface area contributed by atoms with Crippen molar-refractivity contribution in [1.29, 1.82) is 0 Å². The molecule has 20 heavy (non-hydrogen) atoms. The van der Waals surface area contributed by atoms with Crippen molar-refractivity contribution in [2.45, 2.75) is 30.7 Å². The van der Waals surface area contributed by atoms with Crippen LogP contribution in [0.4, 0.5) is 0 Å². The van der Waals surface area contributed by atoms with E-state index in [4.69, 9.17) is 5.11 Å². The van der Waals surface area contributed by atoms with Crippen LogP contribution in [0.25, 0.3) is 0 Å². The zero-order valence-corrected chi connectivity index (χ0v) is 11.7. The Labute approximate surface area is 117 Å². The van der Waals surface area contributed by atoms with Crippen LogP contribution in [-0.2, 0) is 10.0 Å². The summed E-state index contributed by atoms with van der Waals surface area (Å²) in [6, 6.07) is 2.42. The lowest BCUT2D eigenvalue weighted by atomic mass is 10.2. The molecular formula is C13H16N2O4S. The van der Waals surface area contributed by atoms with Crippen molar-refractivity contribution in [2.24, 2.45) is 0 Å². The average molecular weight is 296 g/mol. The third kappa shape index (κ3) is 3.64. The standard InChI is InChI=1S/C13H16N2O4S/c16-13(17)11-5-6-12(14-9-11)20(18,19)15-8-7-10-3-1-2-4-10/h3,5-6,9,15H,1-2,4,7-8H2,(H,16,17). The molecule has 1 aromatic rings. The van der Waals surface area contributed by atoms with E-state index in [1.807, 2.05) is 0 Å². The topological polar surface area (TPSA) is 96.4 Å². The number of hydrogen-bond donors (Lipinski definition) is 2. The van der Waals surface area contributed by atoms with Crippen LogP contribution in [0.2, 0.25) is 0 Å². The number of carboxylic acid groups (broad SMARTS) is 1. The summed E-state index contributed by atoms with van der Waals surface area (Å²) < 4.78 is 26.4. The Morgan fingerprint density at radius 3 is 2.75 bits per heavy atom. The predicted molar refractivity (Wildman–Crippen MR) is 72.9 cm³/mol. The molecule has 0 spiro atoms. The molecule has 0 unspecified atom stereocenters. The van der Waals surface area contributed by atoms with Crippen molar-refractivity contribution in [3.63, 3.8) is 0 Å². The van der Waals surface area contributed by atoms with E-state index >= 15 is 0 Å². The van der Waals surface area contributed by atoms with Crippen molar-refractivity contribution >= 4 is 16.0 Å². The average Bonchev–Trinajstić information content (AvgIpc) is 2.92. The van der Waals surface area contributed by atoms with Crippen LogP contribution in [0.15, 0.2) is 35.0 Å². The van der Waals surface area contributed by atoms with Crippen LogP contribution in [0.1, 0.15) is 36.0 Å². The van der Waals surface area contributed by atoms with E-state index < -0.39 is 16.0 Å². The van der Waals surface area contributed by atoms with Gasteiger partial charge >= 0.3 is 5.97 Å². The molecule has 0 fully saturated rings. The van der Waals surface area contributed by atoms with Gasteiger partial charge in [-0.2, -0.15) is 0 Å². The van der Waals surface area contributed by atoms with Gasteiger partial charge in [-0.15, -0.1) is 0 Å². The molecule has 1 aliphatic carbocycles. The maximum absolute atomic E-state index is 11.9. The first-order chi connectivity index (χ1) is 9.49. The molecule has 2 rings (SSSR count). The van der Waals surface area contributed by atoms with Gasteiger partial charge < -0.3 is 5.11 Å². The number of sulfonamides is 1. The fourth-order valence-electron chi connectivity index (χ4n) is 2.05. The molecule has 0 radical (unpaired) electrons. The second kappa shape index (κ2) is 6.15. The summed E-state index contributed by atoms with van der Waals surface area (Å²) >= 11 is 0. The lowest BCUT2D eigenvalue weighted by Crippen LogP contribution is -2.26. The Bertz CT molecular complexity index is 620. The quantitative estimate of drug-likeness (QED) is 0.776. The van der Waals surface area contributed by atoms with Gasteiger partial charge in [0.25, 0.3) is 10.0 Å². The minimum absolute atomic E-state index is 0.0416. The number of aromatic carboxylic acids is 1. The van der Waals surface area contributed by atoms with Gasteiger partial charge in [0, 0.05) is 12.7 Å². The molecule has 2 N–H and O–H groups in total. The summed E-state index contributed by atoms with van der Waals surface area (Å²) in [5.41, 5.74) is 1.24. The number of allylic oxidation sites excluding steroid dienone is 1. The number of carbonyl (C=O) groups is 1. The molecule has 1 heterocycles. The fourth-order valence-corrected chi connectivity index (χ4v) is 3.01. The highest BCUT2D eigenvalue weighted by Gasteiger charge is 2.16. The van der Waals surface area contributed by atoms with E-state index in [0.29, 0.717) is 13.0 Å². The second-order valence-corrected chi connectivity index (χ2v) is 6.31. The van der Waals surface area contributed by atoms with Gasteiger partial charge in [0.1, 0.15) is 0 Å². The van der Waals surface area contributed by atoms with Gasteiger partial charge in [-0.1, -0.05) is 11.6 Å². The summed E-state index contributed by atoms with van der Waals surface area (Å²) in [5.74, 6) is -1.14. The van der Waals surface area contributed by atoms with Crippen LogP contribution in [0.5, 0.6) is 0 Å². The third-order valence-electron chi connectivity index (χ3n) is 3.13. The minimum atomic E-state index is -3.68. The summed E-state index contributed by atoms with van der Waals surface area (Å²) in [7, 11) is -3.68. The lowest BCUT2D eigenvalue weighted by Gasteiger charge is -2.06. The minimum Gasteiger partial charge on any atom is -0.478 e. The highest BCUT2D eigenvalue weighted by atomic mass is 32.2. The normalized spacial score (nSPS) is 15.1. The summed E-state index contributed by atoms with van der Waals surface area (Å²) in [6.07, 6.45) is 7.13. The van der Waals surface area contributed by atoms with Crippen molar-refractivity contribution < 1.29 is 18.3 Å². The Morgan fingerprint density at radius 2 is 2.20 bits per heavy atom. The Morgan fingerprint density at radius 1 is 1.40 bits per heavy atom. The molecule has 0 atom stereocenters. The molecule has 0 aromatic carbocycles. The van der Waals surface area contributed by atoms with Crippen molar-refractivity contribution in [1.82, 2.24) is 9.71 Å². The zero-order chi connectivity index (χ0) is 14.6. The van der Waals surface area contributed by atoms with Gasteiger partial charge in [0.05, 0.1) is 5.56 Å². The lowest BCUT2D eigenvalue weighted by molar-refractivity contribution is 0.0696. The van der Waals surface area contributed by atoms with E-state index in [9.17, 15) is 13.2 Å². The van der Waals surface area contributed by atoms with Crippen LogP contribution in [0, 0.1) is 0 Å². The maximum Gasteiger partial charge on any atom is 0.337 e. The highest BCUT2D eigenvalue weighted by Crippen LogP contribution is 2.20. The molecule has 6 nitrogen and oxygen atoms in total. The van der Waals surface area contributed by atoms with Gasteiger partial charge in [-0.25, -0.2) is 22.9 Å². The number of nitrogens with one attached hydrogen (secondary N) is 1. The van der Waals surface area contributed by atoms with E-state index in [1.165, 1.54) is 17.7 Å². The first-order valence-electron chi connectivity index (χ1n) is 6.36. The van der Waals surface area contributed by atoms with Gasteiger partial charge in [0.15, 0.2) is 5.03 Å². The summed E-state index contributed by atoms with van der Waals surface area (Å²) in [4.78, 5) is 14.3. The van der Waals surface area contributed by atoms with Crippen molar-refractivity contribution in [2.75, 3.05) is 6.54 Å². The number of nitrogens with zero attached hydrogens (tertiary/aromatic N) is 1. The number of pyridine rings is 1. The van der Waals surface area contributed by atoms with Gasteiger partial charge in [0.2, 0.25) is 0 Å². The number of hydrogen-bond acceptors (Lipinski definition) is 4. The Hall–Kier alpha value is -1.73. The molecule has 1 aliphatic rings. The number of rotatable bonds is 6. The SMILES string of the molecule is O=C(O)c1ccc(S(=O)(=O)NCCC2=CCCC2)nc1. The molecule has 7 heteroatoms. The van der Waals surface area contributed by atoms with E-state index in [0.717, 1.165) is 25.5 Å². The van der Waals surface area contributed by atoms with Crippen molar-refractivity contribution in [3.8, 4) is 0 Å². The molecule has 0 saturated heterocycles. The number of aromatic nitrogens is 1. The van der Waals surface area contributed by atoms with Crippen LogP contribution in [0.3, 0.4) is 0 Å². The largest absolute Gasteiger partial charge is 0.478 e. The Balaban J connectivity index is 1.96. The van der Waals surface area contributed by atoms with E-state index in [2.05, 4.69) is 15.8 Å². The monoisotopic (exact) mass is 296 g/mol. The summed E-state index contributed by atoms with van der Waals surface area (Å²) in [5, 5.41) is 8.57. The second-order valence-electron chi connectivity index (χ2n) is 4.59. The van der Waals surface area contributed by atoms with Crippen LogP contribution >= 0.6 is 0 Å². The molecular weight excluding hydrogens is 280 g/mol. The predicted octanol–water partition coefficient (Wildman–Crippen LogP) is 1.56. The summed E-state index contributed by atoms with van der Waals surface area (Å²) in [6.45, 7) is 0.330. The zero-order valence-electron chi connectivity index (χ0n) is 10.9. The molecule has 1 aromatic heterocycles. The molecule has 0 aliphatic heterocycles. The van der Waals surface area contributed by atoms with Crippen molar-refractivity contribution in [3.05, 3.63) is 35.5 Å².